The molecule has 1 saturated carbocycles. The number of hydrogen-bond donors (Lipinski definition) is 1. The number of nitrogens with zero attached hydrogens (tertiary/aromatic N) is 1. The Kier molecular flexibility index (Phi) is 4.66. The third kappa shape index (κ3) is 3.32. The summed E-state index contributed by atoms with van der Waals surface area (Å²) in [6.45, 7) is 6.81. The molecule has 2 aliphatic rings. The van der Waals surface area contributed by atoms with Crippen LogP contribution in [0.2, 0.25) is 0 Å². The second-order valence-corrected chi connectivity index (χ2v) is 7.22. The zero-order chi connectivity index (χ0) is 14.8. The number of benzene rings is 1. The second-order valence-electron chi connectivity index (χ2n) is 7.22. The van der Waals surface area contributed by atoms with Gasteiger partial charge in [0.2, 0.25) is 0 Å². The molecule has 1 heterocycles. The number of piperidine rings is 1. The Balaban J connectivity index is 1.72. The van der Waals surface area contributed by atoms with Crippen molar-refractivity contribution >= 4 is 0 Å². The van der Waals surface area contributed by atoms with Crippen LogP contribution in [0.4, 0.5) is 0 Å². The lowest BCUT2D eigenvalue weighted by Crippen LogP contribution is -2.53. The van der Waals surface area contributed by atoms with Crippen molar-refractivity contribution in [1.29, 1.82) is 0 Å². The first-order valence-electron chi connectivity index (χ1n) is 8.73. The lowest BCUT2D eigenvalue weighted by molar-refractivity contribution is 0.0605. The average Bonchev–Trinajstić information content (AvgIpc) is 2.42. The molecule has 1 aliphatic carbocycles. The van der Waals surface area contributed by atoms with Gasteiger partial charge in [-0.25, -0.2) is 0 Å². The number of hydrogen-bond acceptors (Lipinski definition) is 2. The van der Waals surface area contributed by atoms with Crippen molar-refractivity contribution in [2.75, 3.05) is 13.1 Å². The molecule has 3 rings (SSSR count). The first-order valence-corrected chi connectivity index (χ1v) is 8.73. The summed E-state index contributed by atoms with van der Waals surface area (Å²) in [7, 11) is 0. The van der Waals surface area contributed by atoms with Crippen molar-refractivity contribution in [2.45, 2.75) is 64.0 Å². The molecule has 0 spiro atoms. The normalized spacial score (nSPS) is 29.1. The SMILES string of the molecule is CCC(C1CCC1)N1CC(N)CC(c2ccc(C)cc2)C1. The summed E-state index contributed by atoms with van der Waals surface area (Å²) in [5.74, 6) is 1.54. The molecule has 1 aromatic rings. The summed E-state index contributed by atoms with van der Waals surface area (Å²) in [5, 5.41) is 0. The van der Waals surface area contributed by atoms with Gasteiger partial charge in [-0.3, -0.25) is 4.90 Å². The Morgan fingerprint density at radius 2 is 1.90 bits per heavy atom. The van der Waals surface area contributed by atoms with Crippen molar-refractivity contribution in [3.8, 4) is 0 Å². The fourth-order valence-corrected chi connectivity index (χ4v) is 4.24. The average molecular weight is 286 g/mol. The third-order valence-corrected chi connectivity index (χ3v) is 5.64. The fourth-order valence-electron chi connectivity index (χ4n) is 4.24. The molecule has 2 fully saturated rings. The Morgan fingerprint density at radius 1 is 1.19 bits per heavy atom. The van der Waals surface area contributed by atoms with Crippen LogP contribution in [0.15, 0.2) is 24.3 Å². The maximum absolute atomic E-state index is 6.39. The molecule has 21 heavy (non-hydrogen) atoms. The summed E-state index contributed by atoms with van der Waals surface area (Å²) in [5.41, 5.74) is 9.21. The zero-order valence-electron chi connectivity index (χ0n) is 13.6. The predicted molar refractivity (Wildman–Crippen MR) is 89.5 cm³/mol. The highest BCUT2D eigenvalue weighted by molar-refractivity contribution is 5.25. The maximum Gasteiger partial charge on any atom is 0.0174 e. The summed E-state index contributed by atoms with van der Waals surface area (Å²) in [6.07, 6.45) is 6.71. The Labute approximate surface area is 129 Å². The molecule has 0 aromatic heterocycles. The third-order valence-electron chi connectivity index (χ3n) is 5.64. The molecule has 2 heteroatoms. The molecule has 1 aliphatic heterocycles. The highest BCUT2D eigenvalue weighted by atomic mass is 15.2. The van der Waals surface area contributed by atoms with Gasteiger partial charge in [0.15, 0.2) is 0 Å². The van der Waals surface area contributed by atoms with Crippen LogP contribution in [0.5, 0.6) is 0 Å². The Morgan fingerprint density at radius 3 is 2.48 bits per heavy atom. The van der Waals surface area contributed by atoms with Crippen molar-refractivity contribution in [1.82, 2.24) is 4.90 Å². The van der Waals surface area contributed by atoms with E-state index in [0.717, 1.165) is 24.9 Å². The molecule has 1 aromatic carbocycles. The second kappa shape index (κ2) is 6.50. The van der Waals surface area contributed by atoms with Crippen LogP contribution in [0.1, 0.15) is 56.1 Å². The summed E-state index contributed by atoms with van der Waals surface area (Å²) >= 11 is 0. The smallest absolute Gasteiger partial charge is 0.0174 e. The highest BCUT2D eigenvalue weighted by Crippen LogP contribution is 2.36. The topological polar surface area (TPSA) is 29.3 Å². The van der Waals surface area contributed by atoms with Gasteiger partial charge < -0.3 is 5.73 Å². The van der Waals surface area contributed by atoms with Crippen molar-refractivity contribution in [2.24, 2.45) is 11.7 Å². The van der Waals surface area contributed by atoms with Gasteiger partial charge in [-0.1, -0.05) is 43.2 Å². The number of rotatable bonds is 4. The first-order chi connectivity index (χ1) is 10.2. The van der Waals surface area contributed by atoms with Gasteiger partial charge in [0.25, 0.3) is 0 Å². The van der Waals surface area contributed by atoms with E-state index in [1.165, 1.54) is 43.4 Å². The molecule has 0 bridgehead atoms. The molecule has 0 radical (unpaired) electrons. The highest BCUT2D eigenvalue weighted by Gasteiger charge is 2.35. The molecular weight excluding hydrogens is 256 g/mol. The van der Waals surface area contributed by atoms with E-state index in [1.807, 2.05) is 0 Å². The van der Waals surface area contributed by atoms with Crippen LogP contribution < -0.4 is 5.73 Å². The van der Waals surface area contributed by atoms with Gasteiger partial charge in [-0.05, 0) is 50.0 Å². The van der Waals surface area contributed by atoms with E-state index in [4.69, 9.17) is 5.73 Å². The van der Waals surface area contributed by atoms with E-state index in [-0.39, 0.29) is 0 Å². The van der Waals surface area contributed by atoms with Crippen LogP contribution in [-0.4, -0.2) is 30.1 Å². The molecule has 2 nitrogen and oxygen atoms in total. The van der Waals surface area contributed by atoms with Crippen molar-refractivity contribution in [3.05, 3.63) is 35.4 Å². The summed E-state index contributed by atoms with van der Waals surface area (Å²) < 4.78 is 0. The first kappa shape index (κ1) is 15.1. The zero-order valence-corrected chi connectivity index (χ0v) is 13.6. The molecular formula is C19H30N2. The maximum atomic E-state index is 6.39. The number of aryl methyl sites for hydroxylation is 1. The van der Waals surface area contributed by atoms with E-state index in [9.17, 15) is 0 Å². The van der Waals surface area contributed by atoms with E-state index in [1.54, 1.807) is 0 Å². The van der Waals surface area contributed by atoms with E-state index in [0.29, 0.717) is 12.0 Å². The van der Waals surface area contributed by atoms with Gasteiger partial charge in [-0.15, -0.1) is 0 Å². The van der Waals surface area contributed by atoms with Crippen molar-refractivity contribution < 1.29 is 0 Å². The Hall–Kier alpha value is -0.860. The predicted octanol–water partition coefficient (Wildman–Crippen LogP) is 3.69. The van der Waals surface area contributed by atoms with Gasteiger partial charge in [0.1, 0.15) is 0 Å². The van der Waals surface area contributed by atoms with Gasteiger partial charge in [0, 0.05) is 25.2 Å². The number of likely N-dealkylation sites (tertiary alicyclic amines) is 1. The molecule has 3 unspecified atom stereocenters. The van der Waals surface area contributed by atoms with Gasteiger partial charge >= 0.3 is 0 Å². The van der Waals surface area contributed by atoms with Gasteiger partial charge in [-0.2, -0.15) is 0 Å². The summed E-state index contributed by atoms with van der Waals surface area (Å²) in [6, 6.07) is 10.2. The van der Waals surface area contributed by atoms with Crippen LogP contribution in [-0.2, 0) is 0 Å². The Bertz CT molecular complexity index is 449. The standard InChI is InChI=1S/C19H30N2/c1-3-19(16-5-4-6-16)21-12-17(11-18(20)13-21)15-9-7-14(2)8-10-15/h7-10,16-19H,3-6,11-13,20H2,1-2H3. The van der Waals surface area contributed by atoms with Gasteiger partial charge in [0.05, 0.1) is 0 Å². The monoisotopic (exact) mass is 286 g/mol. The van der Waals surface area contributed by atoms with E-state index >= 15 is 0 Å². The minimum Gasteiger partial charge on any atom is -0.327 e. The van der Waals surface area contributed by atoms with Crippen molar-refractivity contribution in [3.63, 3.8) is 0 Å². The number of nitrogens with two attached hydrogens (primary N) is 1. The molecule has 1 saturated heterocycles. The molecule has 3 atom stereocenters. The quantitative estimate of drug-likeness (QED) is 0.914. The lowest BCUT2D eigenvalue weighted by Gasteiger charge is -2.46. The van der Waals surface area contributed by atoms with Crippen LogP contribution in [0, 0.1) is 12.8 Å². The van der Waals surface area contributed by atoms with E-state index in [2.05, 4.69) is 43.0 Å². The van der Waals surface area contributed by atoms with E-state index < -0.39 is 0 Å². The fraction of sp³-hybridized carbons (Fsp3) is 0.684. The molecule has 0 amide bonds. The minimum atomic E-state index is 0.333. The van der Waals surface area contributed by atoms with Crippen LogP contribution in [0.3, 0.4) is 0 Å². The van der Waals surface area contributed by atoms with Crippen LogP contribution in [0.25, 0.3) is 0 Å². The molecule has 2 N–H and O–H groups in total. The molecule has 116 valence electrons. The summed E-state index contributed by atoms with van der Waals surface area (Å²) in [4.78, 5) is 2.71. The lowest BCUT2D eigenvalue weighted by atomic mass is 9.76. The van der Waals surface area contributed by atoms with Crippen LogP contribution >= 0.6 is 0 Å². The minimum absolute atomic E-state index is 0.333. The largest absolute Gasteiger partial charge is 0.327 e.